The van der Waals surface area contributed by atoms with E-state index >= 15 is 0 Å². The molecule has 1 radical (unpaired) electrons. The van der Waals surface area contributed by atoms with Gasteiger partial charge in [0.15, 0.2) is 5.51 Å². The Kier molecular flexibility index (Phi) is 3.25. The van der Waals surface area contributed by atoms with E-state index in [1.165, 1.54) is 11.3 Å². The average molecular weight is 267 g/mol. The van der Waals surface area contributed by atoms with Crippen LogP contribution in [0.3, 0.4) is 0 Å². The first-order valence-electron chi connectivity index (χ1n) is 5.92. The molecule has 3 aromatic rings. The molecule has 0 unspecified atom stereocenters. The standard InChI is InChI=1S/C15H11N2OS/c18-15(16-9-11-4-2-1-3-5-11)12-6-7-13-14(8-12)19-10-17-13/h1-8H,9H2,(H,16,18). The van der Waals surface area contributed by atoms with Gasteiger partial charge in [0.2, 0.25) is 0 Å². The third-order valence-corrected chi connectivity index (χ3v) is 3.57. The quantitative estimate of drug-likeness (QED) is 0.792. The lowest BCUT2D eigenvalue weighted by molar-refractivity contribution is 0.0951. The second-order valence-corrected chi connectivity index (χ2v) is 4.98. The van der Waals surface area contributed by atoms with Gasteiger partial charge in [0.25, 0.3) is 5.91 Å². The summed E-state index contributed by atoms with van der Waals surface area (Å²) < 4.78 is 0.979. The summed E-state index contributed by atoms with van der Waals surface area (Å²) in [6.45, 7) is 0.534. The maximum Gasteiger partial charge on any atom is 0.251 e. The van der Waals surface area contributed by atoms with Crippen LogP contribution >= 0.6 is 11.3 Å². The summed E-state index contributed by atoms with van der Waals surface area (Å²) in [4.78, 5) is 16.1. The summed E-state index contributed by atoms with van der Waals surface area (Å²) in [6, 6.07) is 15.3. The SMILES string of the molecule is O=C(NCc1ccccc1)c1ccc2n[c]sc2c1. The van der Waals surface area contributed by atoms with Crippen LogP contribution in [-0.2, 0) is 6.54 Å². The van der Waals surface area contributed by atoms with Gasteiger partial charge in [0.05, 0.1) is 10.2 Å². The molecule has 93 valence electrons. The fraction of sp³-hybridized carbons (Fsp3) is 0.0667. The molecule has 0 spiro atoms. The van der Waals surface area contributed by atoms with E-state index in [-0.39, 0.29) is 5.91 Å². The van der Waals surface area contributed by atoms with Crippen molar-refractivity contribution in [3.63, 3.8) is 0 Å². The molecule has 0 saturated carbocycles. The molecule has 2 aromatic carbocycles. The van der Waals surface area contributed by atoms with E-state index in [2.05, 4.69) is 15.8 Å². The Morgan fingerprint density at radius 3 is 2.89 bits per heavy atom. The number of aromatic nitrogens is 1. The number of carbonyl (C=O) groups excluding carboxylic acids is 1. The molecule has 0 aliphatic carbocycles. The molecule has 1 heterocycles. The smallest absolute Gasteiger partial charge is 0.251 e. The zero-order valence-electron chi connectivity index (χ0n) is 10.1. The van der Waals surface area contributed by atoms with Crippen LogP contribution in [0.5, 0.6) is 0 Å². The highest BCUT2D eigenvalue weighted by molar-refractivity contribution is 7.16. The minimum absolute atomic E-state index is 0.0702. The zero-order valence-corrected chi connectivity index (χ0v) is 10.9. The van der Waals surface area contributed by atoms with Crippen molar-refractivity contribution in [3.05, 3.63) is 65.2 Å². The normalized spacial score (nSPS) is 10.5. The number of hydrogen-bond acceptors (Lipinski definition) is 3. The van der Waals surface area contributed by atoms with Crippen LogP contribution in [0.25, 0.3) is 10.2 Å². The zero-order chi connectivity index (χ0) is 13.1. The van der Waals surface area contributed by atoms with Crippen molar-refractivity contribution in [3.8, 4) is 0 Å². The van der Waals surface area contributed by atoms with Crippen LogP contribution in [0.4, 0.5) is 0 Å². The maximum absolute atomic E-state index is 12.0. The third kappa shape index (κ3) is 2.63. The molecule has 3 nitrogen and oxygen atoms in total. The van der Waals surface area contributed by atoms with Gasteiger partial charge in [0, 0.05) is 12.1 Å². The molecule has 0 bridgehead atoms. The van der Waals surface area contributed by atoms with E-state index in [1.807, 2.05) is 42.5 Å². The Labute approximate surface area is 114 Å². The van der Waals surface area contributed by atoms with Crippen molar-refractivity contribution in [1.82, 2.24) is 10.3 Å². The van der Waals surface area contributed by atoms with E-state index in [9.17, 15) is 4.79 Å². The minimum Gasteiger partial charge on any atom is -0.348 e. The molecular weight excluding hydrogens is 256 g/mol. The lowest BCUT2D eigenvalue weighted by Crippen LogP contribution is -2.22. The Bertz CT molecular complexity index is 706. The molecular formula is C15H11N2OS. The van der Waals surface area contributed by atoms with Gasteiger partial charge in [0.1, 0.15) is 0 Å². The molecule has 1 amide bonds. The summed E-state index contributed by atoms with van der Waals surface area (Å²) >= 11 is 1.42. The van der Waals surface area contributed by atoms with Gasteiger partial charge in [-0.15, -0.1) is 11.3 Å². The molecule has 1 aromatic heterocycles. The molecule has 0 aliphatic heterocycles. The van der Waals surface area contributed by atoms with E-state index < -0.39 is 0 Å². The number of fused-ring (bicyclic) bond motifs is 1. The largest absolute Gasteiger partial charge is 0.348 e. The fourth-order valence-electron chi connectivity index (χ4n) is 1.83. The number of rotatable bonds is 3. The van der Waals surface area contributed by atoms with Crippen LogP contribution in [-0.4, -0.2) is 10.9 Å². The van der Waals surface area contributed by atoms with Crippen molar-refractivity contribution < 1.29 is 4.79 Å². The maximum atomic E-state index is 12.0. The lowest BCUT2D eigenvalue weighted by Gasteiger charge is -2.05. The van der Waals surface area contributed by atoms with Gasteiger partial charge in [-0.3, -0.25) is 4.79 Å². The van der Waals surface area contributed by atoms with Crippen molar-refractivity contribution in [2.45, 2.75) is 6.54 Å². The first-order valence-corrected chi connectivity index (χ1v) is 6.73. The summed E-state index contributed by atoms with van der Waals surface area (Å²) in [5.74, 6) is -0.0702. The summed E-state index contributed by atoms with van der Waals surface area (Å²) in [5, 5.41) is 2.91. The van der Waals surface area contributed by atoms with E-state index in [0.29, 0.717) is 12.1 Å². The van der Waals surface area contributed by atoms with E-state index in [1.54, 1.807) is 6.07 Å². The second-order valence-electron chi connectivity index (χ2n) is 4.16. The fourth-order valence-corrected chi connectivity index (χ4v) is 2.48. The van der Waals surface area contributed by atoms with Gasteiger partial charge >= 0.3 is 0 Å². The number of benzene rings is 2. The number of amides is 1. The van der Waals surface area contributed by atoms with Crippen LogP contribution < -0.4 is 5.32 Å². The van der Waals surface area contributed by atoms with Crippen LogP contribution in [0.15, 0.2) is 48.5 Å². The Morgan fingerprint density at radius 2 is 2.05 bits per heavy atom. The predicted molar refractivity (Wildman–Crippen MR) is 76.1 cm³/mol. The van der Waals surface area contributed by atoms with Gasteiger partial charge in [-0.2, -0.15) is 0 Å². The topological polar surface area (TPSA) is 42.0 Å². The van der Waals surface area contributed by atoms with Crippen LogP contribution in [0, 0.1) is 5.51 Å². The number of thiazole rings is 1. The van der Waals surface area contributed by atoms with Crippen molar-refractivity contribution in [2.24, 2.45) is 0 Å². The Morgan fingerprint density at radius 1 is 1.21 bits per heavy atom. The van der Waals surface area contributed by atoms with Gasteiger partial charge in [-0.05, 0) is 23.8 Å². The highest BCUT2D eigenvalue weighted by Gasteiger charge is 2.07. The van der Waals surface area contributed by atoms with Gasteiger partial charge in [-0.1, -0.05) is 30.3 Å². The van der Waals surface area contributed by atoms with Crippen molar-refractivity contribution >= 4 is 27.5 Å². The monoisotopic (exact) mass is 267 g/mol. The summed E-state index contributed by atoms with van der Waals surface area (Å²) in [7, 11) is 0. The number of carbonyl (C=O) groups is 1. The van der Waals surface area contributed by atoms with Crippen LogP contribution in [0.2, 0.25) is 0 Å². The van der Waals surface area contributed by atoms with Crippen LogP contribution in [0.1, 0.15) is 15.9 Å². The van der Waals surface area contributed by atoms with Crippen molar-refractivity contribution in [1.29, 1.82) is 0 Å². The predicted octanol–water partition coefficient (Wildman–Crippen LogP) is 3.03. The Balaban J connectivity index is 1.73. The van der Waals surface area contributed by atoms with E-state index in [0.717, 1.165) is 15.8 Å². The highest BCUT2D eigenvalue weighted by atomic mass is 32.1. The first kappa shape index (κ1) is 11.9. The highest BCUT2D eigenvalue weighted by Crippen LogP contribution is 2.18. The molecule has 4 heteroatoms. The third-order valence-electron chi connectivity index (χ3n) is 2.84. The molecule has 0 atom stereocenters. The number of nitrogens with zero attached hydrogens (tertiary/aromatic N) is 1. The molecule has 3 rings (SSSR count). The molecule has 0 aliphatic rings. The number of nitrogens with one attached hydrogen (secondary N) is 1. The van der Waals surface area contributed by atoms with Gasteiger partial charge < -0.3 is 5.32 Å². The Hall–Kier alpha value is -2.20. The first-order chi connectivity index (χ1) is 9.33. The van der Waals surface area contributed by atoms with E-state index in [4.69, 9.17) is 0 Å². The second kappa shape index (κ2) is 5.20. The molecule has 1 N–H and O–H groups in total. The molecule has 0 fully saturated rings. The summed E-state index contributed by atoms with van der Waals surface area (Å²) in [5.41, 5.74) is 5.44. The average Bonchev–Trinajstić information content (AvgIpc) is 2.93. The van der Waals surface area contributed by atoms with Crippen molar-refractivity contribution in [2.75, 3.05) is 0 Å². The lowest BCUT2D eigenvalue weighted by atomic mass is 10.2. The number of hydrogen-bond donors (Lipinski definition) is 1. The summed E-state index contributed by atoms with van der Waals surface area (Å²) in [6.07, 6.45) is 0. The van der Waals surface area contributed by atoms with Gasteiger partial charge in [-0.25, -0.2) is 4.98 Å². The molecule has 0 saturated heterocycles. The minimum atomic E-state index is -0.0702. The molecule has 19 heavy (non-hydrogen) atoms.